The molecule has 0 aliphatic carbocycles. The fourth-order valence-corrected chi connectivity index (χ4v) is 4.93. The summed E-state index contributed by atoms with van der Waals surface area (Å²) in [6.07, 6.45) is 0.634. The Bertz CT molecular complexity index is 1280. The number of carbonyl (C=O) groups excluding carboxylic acids is 1. The molecule has 0 saturated heterocycles. The minimum atomic E-state index is -0.272. The van der Waals surface area contributed by atoms with Crippen LogP contribution in [-0.4, -0.2) is 50.6 Å². The molecule has 10 heteroatoms. The molecule has 33 heavy (non-hydrogen) atoms. The van der Waals surface area contributed by atoms with Crippen LogP contribution in [-0.2, 0) is 13.0 Å². The number of halogens is 3. The molecule has 0 radical (unpaired) electrons. The number of carbonyl (C=O) groups is 1. The normalized spacial score (nSPS) is 17.3. The van der Waals surface area contributed by atoms with Gasteiger partial charge in [-0.25, -0.2) is 14.4 Å². The molecular weight excluding hydrogens is 513 g/mol. The monoisotopic (exact) mass is 531 g/mol. The van der Waals surface area contributed by atoms with Crippen molar-refractivity contribution in [3.63, 3.8) is 0 Å². The molecule has 0 spiro atoms. The first kappa shape index (κ1) is 21.9. The Hall–Kier alpha value is -2.91. The number of amides is 1. The first-order valence-corrected chi connectivity index (χ1v) is 11.7. The SMILES string of the molecule is CCN1C(=O)c2c(nc(Br)n2Cc2ccc(O)c(Cl)c2)N2C[C@@H](Cc3ccc(F)cc3)N=C12. The summed E-state index contributed by atoms with van der Waals surface area (Å²) in [5.41, 5.74) is 2.27. The fourth-order valence-electron chi connectivity index (χ4n) is 4.26. The lowest BCUT2D eigenvalue weighted by Crippen LogP contribution is -2.50. The van der Waals surface area contributed by atoms with Gasteiger partial charge in [-0.3, -0.25) is 14.6 Å². The van der Waals surface area contributed by atoms with E-state index in [4.69, 9.17) is 16.6 Å². The van der Waals surface area contributed by atoms with Gasteiger partial charge in [0, 0.05) is 6.54 Å². The second kappa shape index (κ2) is 8.46. The number of fused-ring (bicyclic) bond motifs is 3. The summed E-state index contributed by atoms with van der Waals surface area (Å²) in [4.78, 5) is 26.6. The second-order valence-electron chi connectivity index (χ2n) is 8.00. The Balaban J connectivity index is 1.49. The van der Waals surface area contributed by atoms with Crippen molar-refractivity contribution in [1.82, 2.24) is 14.5 Å². The maximum atomic E-state index is 13.5. The van der Waals surface area contributed by atoms with E-state index in [0.717, 1.165) is 11.1 Å². The number of aromatic hydroxyl groups is 1. The van der Waals surface area contributed by atoms with Gasteiger partial charge in [0.25, 0.3) is 5.91 Å². The number of nitrogens with zero attached hydrogens (tertiary/aromatic N) is 5. The Labute approximate surface area is 203 Å². The van der Waals surface area contributed by atoms with Gasteiger partial charge >= 0.3 is 0 Å². The molecule has 170 valence electrons. The highest BCUT2D eigenvalue weighted by molar-refractivity contribution is 9.10. The van der Waals surface area contributed by atoms with Crippen molar-refractivity contribution in [2.24, 2.45) is 4.99 Å². The molecule has 0 fully saturated rings. The van der Waals surface area contributed by atoms with E-state index in [1.54, 1.807) is 33.7 Å². The molecule has 2 aliphatic heterocycles. The number of anilines is 1. The molecule has 1 amide bonds. The summed E-state index contributed by atoms with van der Waals surface area (Å²) in [6, 6.07) is 11.3. The molecular formula is C23H20BrClFN5O2. The highest BCUT2D eigenvalue weighted by Gasteiger charge is 2.43. The van der Waals surface area contributed by atoms with Crippen LogP contribution < -0.4 is 4.90 Å². The van der Waals surface area contributed by atoms with Gasteiger partial charge in [0.15, 0.2) is 16.2 Å². The zero-order chi connectivity index (χ0) is 23.3. The number of rotatable bonds is 5. The lowest BCUT2D eigenvalue weighted by atomic mass is 10.1. The number of phenolic OH excluding ortho intramolecular Hbond substituents is 1. The summed E-state index contributed by atoms with van der Waals surface area (Å²) < 4.78 is 15.6. The number of phenols is 1. The van der Waals surface area contributed by atoms with Crippen LogP contribution in [0.5, 0.6) is 5.75 Å². The third-order valence-corrected chi connectivity index (χ3v) is 6.74. The van der Waals surface area contributed by atoms with E-state index in [2.05, 4.69) is 20.9 Å². The van der Waals surface area contributed by atoms with E-state index >= 15 is 0 Å². The maximum Gasteiger partial charge on any atom is 0.281 e. The topological polar surface area (TPSA) is 74.0 Å². The molecule has 1 atom stereocenters. The van der Waals surface area contributed by atoms with Crippen LogP contribution in [0, 0.1) is 5.82 Å². The molecule has 3 heterocycles. The third kappa shape index (κ3) is 3.89. The number of guanidine groups is 1. The standard InChI is InChI=1S/C23H20BrClFN5O2/c1-2-29-21(33)19-20(28-22(24)30(19)11-14-5-8-18(32)17(25)10-14)31-12-16(27-23(29)31)9-13-3-6-15(26)7-4-13/h3-8,10,16,32H,2,9,11-12H2,1H3/t16-/m1/s1. The largest absolute Gasteiger partial charge is 0.506 e. The van der Waals surface area contributed by atoms with E-state index in [1.807, 2.05) is 11.8 Å². The summed E-state index contributed by atoms with van der Waals surface area (Å²) in [7, 11) is 0. The molecule has 0 unspecified atom stereocenters. The summed E-state index contributed by atoms with van der Waals surface area (Å²) >= 11 is 9.58. The number of hydrogen-bond acceptors (Lipinski definition) is 5. The number of hydrogen-bond donors (Lipinski definition) is 1. The third-order valence-electron chi connectivity index (χ3n) is 5.83. The van der Waals surface area contributed by atoms with Gasteiger partial charge in [-0.2, -0.15) is 0 Å². The van der Waals surface area contributed by atoms with Crippen molar-refractivity contribution in [3.8, 4) is 5.75 Å². The molecule has 1 N–H and O–H groups in total. The van der Waals surface area contributed by atoms with Gasteiger partial charge in [0.2, 0.25) is 5.96 Å². The van der Waals surface area contributed by atoms with Gasteiger partial charge < -0.3 is 9.67 Å². The van der Waals surface area contributed by atoms with E-state index < -0.39 is 0 Å². The minimum Gasteiger partial charge on any atom is -0.506 e. The zero-order valence-corrected chi connectivity index (χ0v) is 20.0. The Morgan fingerprint density at radius 1 is 1.21 bits per heavy atom. The van der Waals surface area contributed by atoms with Crippen molar-refractivity contribution in [3.05, 3.63) is 74.9 Å². The lowest BCUT2D eigenvalue weighted by Gasteiger charge is -2.33. The van der Waals surface area contributed by atoms with Gasteiger partial charge in [-0.05, 0) is 64.7 Å². The average Bonchev–Trinajstić information content (AvgIpc) is 3.34. The predicted octanol–water partition coefficient (Wildman–Crippen LogP) is 4.46. The highest BCUT2D eigenvalue weighted by atomic mass is 79.9. The minimum absolute atomic E-state index is 0.00509. The Morgan fingerprint density at radius 2 is 1.94 bits per heavy atom. The Kier molecular flexibility index (Phi) is 5.62. The smallest absolute Gasteiger partial charge is 0.281 e. The number of imidazole rings is 1. The van der Waals surface area contributed by atoms with Gasteiger partial charge in [0.1, 0.15) is 11.6 Å². The maximum absolute atomic E-state index is 13.5. The summed E-state index contributed by atoms with van der Waals surface area (Å²) in [5, 5.41) is 9.96. The Morgan fingerprint density at radius 3 is 2.64 bits per heavy atom. The van der Waals surface area contributed by atoms with Crippen molar-refractivity contribution >= 4 is 45.2 Å². The van der Waals surface area contributed by atoms with Crippen molar-refractivity contribution in [2.75, 3.05) is 18.0 Å². The molecule has 0 bridgehead atoms. The van der Waals surface area contributed by atoms with Crippen LogP contribution >= 0.6 is 27.5 Å². The number of benzene rings is 2. The summed E-state index contributed by atoms with van der Waals surface area (Å²) in [6.45, 7) is 3.29. The predicted molar refractivity (Wildman–Crippen MR) is 128 cm³/mol. The fraction of sp³-hybridized carbons (Fsp3) is 0.261. The molecule has 0 saturated carbocycles. The molecule has 5 rings (SSSR count). The van der Waals surface area contributed by atoms with E-state index in [-0.39, 0.29) is 28.5 Å². The molecule has 2 aromatic carbocycles. The lowest BCUT2D eigenvalue weighted by molar-refractivity contribution is 0.0836. The number of aliphatic imine (C=N–C) groups is 1. The van der Waals surface area contributed by atoms with E-state index in [0.29, 0.717) is 48.3 Å². The van der Waals surface area contributed by atoms with Crippen molar-refractivity contribution in [2.45, 2.75) is 25.9 Å². The van der Waals surface area contributed by atoms with Crippen molar-refractivity contribution in [1.29, 1.82) is 0 Å². The second-order valence-corrected chi connectivity index (χ2v) is 9.11. The summed E-state index contributed by atoms with van der Waals surface area (Å²) in [5.74, 6) is 0.707. The van der Waals surface area contributed by atoms with Crippen LogP contribution in [0.15, 0.2) is 52.2 Å². The quantitative estimate of drug-likeness (QED) is 0.527. The van der Waals surface area contributed by atoms with Crippen LogP contribution in [0.4, 0.5) is 10.2 Å². The first-order chi connectivity index (χ1) is 15.9. The van der Waals surface area contributed by atoms with Crippen LogP contribution in [0.2, 0.25) is 5.02 Å². The highest BCUT2D eigenvalue weighted by Crippen LogP contribution is 2.35. The molecule has 7 nitrogen and oxygen atoms in total. The van der Waals surface area contributed by atoms with Crippen LogP contribution in [0.3, 0.4) is 0 Å². The molecule has 2 aliphatic rings. The first-order valence-electron chi connectivity index (χ1n) is 10.5. The van der Waals surface area contributed by atoms with E-state index in [1.165, 1.54) is 18.2 Å². The zero-order valence-electron chi connectivity index (χ0n) is 17.7. The van der Waals surface area contributed by atoms with Crippen LogP contribution in [0.1, 0.15) is 28.5 Å². The van der Waals surface area contributed by atoms with Gasteiger partial charge in [0.05, 0.1) is 24.2 Å². The van der Waals surface area contributed by atoms with Crippen molar-refractivity contribution < 1.29 is 14.3 Å². The van der Waals surface area contributed by atoms with E-state index in [9.17, 15) is 14.3 Å². The van der Waals surface area contributed by atoms with Crippen LogP contribution in [0.25, 0.3) is 0 Å². The number of aromatic nitrogens is 2. The molecule has 3 aromatic rings. The van der Waals surface area contributed by atoms with Gasteiger partial charge in [-0.15, -0.1) is 0 Å². The molecule has 1 aromatic heterocycles. The average molecular weight is 533 g/mol. The van der Waals surface area contributed by atoms with Gasteiger partial charge in [-0.1, -0.05) is 29.8 Å².